The van der Waals surface area contributed by atoms with Crippen molar-refractivity contribution in [3.05, 3.63) is 136 Å². The van der Waals surface area contributed by atoms with Crippen LogP contribution in [0, 0.1) is 11.8 Å². The van der Waals surface area contributed by atoms with Crippen molar-refractivity contribution in [3.8, 4) is 11.5 Å². The van der Waals surface area contributed by atoms with Crippen LogP contribution in [0.25, 0.3) is 21.5 Å². The Kier molecular flexibility index (Phi) is 23.1. The first-order chi connectivity index (χ1) is 45.5. The summed E-state index contributed by atoms with van der Waals surface area (Å²) in [4.78, 5) is 152. The molecule has 0 fully saturated rings. The molecule has 500 valence electrons. The van der Waals surface area contributed by atoms with Crippen molar-refractivity contribution in [3.63, 3.8) is 0 Å². The van der Waals surface area contributed by atoms with Crippen molar-refractivity contribution in [2.24, 2.45) is 17.6 Å². The zero-order chi connectivity index (χ0) is 68.2. The number of imide groups is 1. The summed E-state index contributed by atoms with van der Waals surface area (Å²) in [6.07, 6.45) is 3.82. The predicted octanol–water partition coefficient (Wildman–Crippen LogP) is 10.4. The number of ketones is 1. The number of carbonyl (C=O) groups is 11. The van der Waals surface area contributed by atoms with Gasteiger partial charge in [0.1, 0.15) is 18.1 Å². The summed E-state index contributed by atoms with van der Waals surface area (Å²) in [6.45, 7) is 8.00. The lowest BCUT2D eigenvalue weighted by Crippen LogP contribution is -2.45. The van der Waals surface area contributed by atoms with E-state index in [1.165, 1.54) is 43.0 Å². The molecule has 5 N–H and O–H groups in total. The lowest BCUT2D eigenvalue weighted by molar-refractivity contribution is -0.137. The van der Waals surface area contributed by atoms with Crippen molar-refractivity contribution >= 4 is 127 Å². The Balaban J connectivity index is 0.775. The molecule has 0 saturated heterocycles. The predicted molar refractivity (Wildman–Crippen MR) is 361 cm³/mol. The van der Waals surface area contributed by atoms with Crippen LogP contribution >= 0.6 is 22.9 Å². The molecule has 95 heavy (non-hydrogen) atoms. The first-order valence-corrected chi connectivity index (χ1v) is 33.1. The number of amides is 10. The van der Waals surface area contributed by atoms with E-state index in [-0.39, 0.29) is 123 Å². The van der Waals surface area contributed by atoms with Crippen LogP contribution in [0.3, 0.4) is 0 Å². The third kappa shape index (κ3) is 16.6. The molecular weight excluding hydrogens is 1260 g/mol. The Morgan fingerprint density at radius 1 is 0.705 bits per heavy atom. The molecular formula is C70H78ClN9O14S. The van der Waals surface area contributed by atoms with Gasteiger partial charge in [-0.2, -0.15) is 0 Å². The highest BCUT2D eigenvalue weighted by Gasteiger charge is 2.39. The fourth-order valence-corrected chi connectivity index (χ4v) is 13.3. The fourth-order valence-electron chi connectivity index (χ4n) is 12.2. The number of rotatable bonds is 28. The van der Waals surface area contributed by atoms with Gasteiger partial charge in [0.15, 0.2) is 5.78 Å². The Morgan fingerprint density at radius 3 is 1.82 bits per heavy atom. The Morgan fingerprint density at radius 2 is 1.26 bits per heavy atom. The van der Waals surface area contributed by atoms with Crippen LogP contribution in [0.2, 0.25) is 0 Å². The van der Waals surface area contributed by atoms with Gasteiger partial charge in [0.25, 0.3) is 23.6 Å². The highest BCUT2D eigenvalue weighted by atomic mass is 35.5. The van der Waals surface area contributed by atoms with E-state index in [9.17, 15) is 52.7 Å². The second kappa shape index (κ2) is 31.5. The summed E-state index contributed by atoms with van der Waals surface area (Å²) in [5, 5.41) is 11.2. The van der Waals surface area contributed by atoms with Crippen molar-refractivity contribution < 1.29 is 67.0 Å². The number of urea groups is 1. The molecule has 6 aromatic rings. The molecule has 10 amide bonds. The minimum Gasteiger partial charge on any atom is -0.445 e. The van der Waals surface area contributed by atoms with Gasteiger partial charge in [0, 0.05) is 138 Å². The summed E-state index contributed by atoms with van der Waals surface area (Å²) in [6, 6.07) is 26.7. The first kappa shape index (κ1) is 69.7. The number of hydrogen-bond donors (Lipinski definition) is 4. The molecule has 3 aliphatic heterocycles. The van der Waals surface area contributed by atoms with Crippen molar-refractivity contribution in [1.82, 2.24) is 25.3 Å². The number of primary amides is 1. The summed E-state index contributed by atoms with van der Waals surface area (Å²) >= 11 is 7.71. The van der Waals surface area contributed by atoms with E-state index >= 15 is 0 Å². The van der Waals surface area contributed by atoms with Crippen molar-refractivity contribution in [2.75, 3.05) is 74.4 Å². The van der Waals surface area contributed by atoms with Crippen LogP contribution in [0.4, 0.5) is 31.4 Å². The summed E-state index contributed by atoms with van der Waals surface area (Å²) in [5.74, 6) is -3.67. The van der Waals surface area contributed by atoms with E-state index in [4.69, 9.17) is 31.5 Å². The molecule has 23 nitrogen and oxygen atoms in total. The zero-order valence-electron chi connectivity index (χ0n) is 53.9. The third-order valence-electron chi connectivity index (χ3n) is 17.2. The highest BCUT2D eigenvalue weighted by molar-refractivity contribution is 7.16. The second-order valence-electron chi connectivity index (χ2n) is 24.3. The molecule has 0 saturated carbocycles. The largest absolute Gasteiger partial charge is 0.445 e. The number of hydrogen-bond acceptors (Lipinski definition) is 15. The fraction of sp³-hybridized carbons (Fsp3) is 0.386. The van der Waals surface area contributed by atoms with Crippen LogP contribution in [0.1, 0.15) is 127 Å². The minimum atomic E-state index is -0.880. The zero-order valence-corrected chi connectivity index (χ0v) is 55.5. The number of benzene rings is 5. The Bertz CT molecular complexity index is 3970. The molecule has 25 heteroatoms. The number of nitrogens with zero attached hydrogens (tertiary/aromatic N) is 5. The van der Waals surface area contributed by atoms with Crippen LogP contribution in [0.15, 0.2) is 109 Å². The van der Waals surface area contributed by atoms with Crippen LogP contribution < -0.4 is 41.0 Å². The van der Waals surface area contributed by atoms with Crippen molar-refractivity contribution in [2.45, 2.75) is 104 Å². The number of nitrogens with one attached hydrogen (secondary N) is 3. The maximum atomic E-state index is 14.7. The molecule has 5 aromatic carbocycles. The molecule has 0 aliphatic carbocycles. The molecule has 1 aromatic heterocycles. The van der Waals surface area contributed by atoms with E-state index in [1.807, 2.05) is 48.5 Å². The van der Waals surface area contributed by atoms with E-state index in [1.54, 1.807) is 72.2 Å². The molecule has 4 heterocycles. The third-order valence-corrected chi connectivity index (χ3v) is 18.7. The smallest absolute Gasteiger partial charge is 0.415 e. The van der Waals surface area contributed by atoms with Gasteiger partial charge < -0.3 is 55.5 Å². The number of fused-ring (bicyclic) bond motifs is 6. The number of ether oxygens (including phenoxy) is 3. The quantitative estimate of drug-likeness (QED) is 0.0117. The monoisotopic (exact) mass is 1340 g/mol. The molecule has 0 bridgehead atoms. The van der Waals surface area contributed by atoms with Crippen LogP contribution in [0.5, 0.6) is 11.5 Å². The first-order valence-electron chi connectivity index (χ1n) is 31.7. The van der Waals surface area contributed by atoms with E-state index in [2.05, 4.69) is 22.9 Å². The van der Waals surface area contributed by atoms with E-state index in [0.29, 0.717) is 75.7 Å². The Labute approximate surface area is 559 Å². The number of thiophene rings is 1. The van der Waals surface area contributed by atoms with Gasteiger partial charge >= 0.3 is 24.2 Å². The average Bonchev–Trinajstić information content (AvgIpc) is 1.63. The van der Waals surface area contributed by atoms with Gasteiger partial charge in [0.05, 0.1) is 27.2 Å². The second-order valence-corrected chi connectivity index (χ2v) is 25.7. The number of nitrogens with two attached hydrogens (primary N) is 1. The minimum absolute atomic E-state index is 0.0219. The van der Waals surface area contributed by atoms with Crippen molar-refractivity contribution in [1.29, 1.82) is 0 Å². The normalized spacial score (nSPS) is 15.3. The summed E-state index contributed by atoms with van der Waals surface area (Å²) in [7, 11) is 3.05. The molecule has 4 unspecified atom stereocenters. The maximum absolute atomic E-state index is 14.7. The maximum Gasteiger partial charge on any atom is 0.415 e. The average molecular weight is 1340 g/mol. The van der Waals surface area contributed by atoms with Gasteiger partial charge in [-0.15, -0.1) is 22.9 Å². The number of anilines is 3. The topological polar surface area (TPSA) is 294 Å². The summed E-state index contributed by atoms with van der Waals surface area (Å²) in [5.41, 5.74) is 9.22. The van der Waals surface area contributed by atoms with Gasteiger partial charge in [-0.25, -0.2) is 14.4 Å². The lowest BCUT2D eigenvalue weighted by Gasteiger charge is -2.24. The number of alkyl halides is 1. The number of Topliss-reactive ketones (excluding diaryl/α,β-unsaturated/α-hetero) is 1. The van der Waals surface area contributed by atoms with Gasteiger partial charge in [0.2, 0.25) is 11.8 Å². The Hall–Kier alpha value is -9.68. The number of esters is 1. The number of halogens is 1. The standard InChI is InChI=1S/C70H78ClN9O14S/c1-7-44-38-79(52-35-55(93-42(4)81)48-17-10-12-19-50(48)62(44)52)66(87)57-26-27-58(95-57)67(88)80-39-46(37-71)63-51-20-13-11-18-49(51)56(36-53(63)80)94-70(91)77(6)33-32-76(5)69(90)92-40-43-22-24-47(25-23-43)74-65(86)45(16-15-30-73-68(72)89)34-54(82)64(41(2)3)75-59(83)21-9-8-14-31-78-60(84)28-29-61(78)85/h10-13,17-20,22-29,35-36,41,44-46,64H,7-9,14-16,21,30-34,37-40H2,1-6H3,(H,74,86)(H,75,83)(H3,72,73,89). The molecule has 9 rings (SSSR count). The molecule has 0 radical (unpaired) electrons. The highest BCUT2D eigenvalue weighted by Crippen LogP contribution is 2.49. The molecule has 0 spiro atoms. The van der Waals surface area contributed by atoms with Gasteiger partial charge in [-0.3, -0.25) is 43.3 Å². The molecule has 4 atom stereocenters. The van der Waals surface area contributed by atoms with Gasteiger partial charge in [-0.1, -0.05) is 87.9 Å². The number of carbonyl (C=O) groups excluding carboxylic acids is 11. The SMILES string of the molecule is CCC1CN(C(=O)c2ccc(C(=O)N3CC(CCl)c4c3cc(OC(=O)N(C)CCN(C)C(=O)OCc3ccc(NC(=O)C(CCCNC(N)=O)CC(=O)C(NC(=O)CCCCCN5C(=O)C=CC5=O)C(C)C)cc3)c3ccccc43)s2)c2cc(OC(C)=O)c3ccccc3c21. The summed E-state index contributed by atoms with van der Waals surface area (Å²) < 4.78 is 17.3. The molecule has 3 aliphatic rings. The number of unbranched alkanes of at least 4 members (excludes halogenated alkanes) is 2. The number of likely N-dealkylation sites (N-methyl/N-ethyl adjacent to an activating group) is 2. The van der Waals surface area contributed by atoms with Crippen LogP contribution in [-0.2, 0) is 40.1 Å². The van der Waals surface area contributed by atoms with E-state index < -0.39 is 42.1 Å². The van der Waals surface area contributed by atoms with Crippen LogP contribution in [-0.4, -0.2) is 145 Å². The van der Waals surface area contributed by atoms with Gasteiger partial charge in [-0.05, 0) is 89.8 Å². The van der Waals surface area contributed by atoms with E-state index in [0.717, 1.165) is 49.9 Å². The lowest BCUT2D eigenvalue weighted by atomic mass is 9.89.